The lowest BCUT2D eigenvalue weighted by Gasteiger charge is -2.40. The van der Waals surface area contributed by atoms with Gasteiger partial charge in [0.15, 0.2) is 6.61 Å². The normalized spacial score (nSPS) is 23.1. The lowest BCUT2D eigenvalue weighted by atomic mass is 9.67. The molecule has 4 amide bonds. The van der Waals surface area contributed by atoms with E-state index in [0.29, 0.717) is 18.8 Å². The van der Waals surface area contributed by atoms with Crippen LogP contribution >= 0.6 is 0 Å². The Kier molecular flexibility index (Phi) is 7.04. The zero-order chi connectivity index (χ0) is 25.3. The number of anilines is 1. The number of benzene rings is 1. The molecule has 2 aliphatic rings. The number of nitrogens with two attached hydrogens (primary N) is 1. The van der Waals surface area contributed by atoms with Crippen molar-refractivity contribution in [3.8, 4) is 0 Å². The number of rotatable bonds is 6. The second-order valence-electron chi connectivity index (χ2n) is 9.82. The molecule has 1 saturated carbocycles. The molecule has 0 bridgehead atoms. The number of hydrogen-bond donors (Lipinski definition) is 3. The molecule has 4 N–H and O–H groups in total. The maximum atomic E-state index is 13.0. The van der Waals surface area contributed by atoms with Crippen molar-refractivity contribution in [2.45, 2.75) is 56.9 Å². The van der Waals surface area contributed by atoms with Crippen molar-refractivity contribution in [3.05, 3.63) is 24.3 Å². The van der Waals surface area contributed by atoms with E-state index in [1.807, 2.05) is 0 Å². The number of primary sulfonamides is 1. The Hall–Kier alpha value is -2.99. The van der Waals surface area contributed by atoms with Crippen LogP contribution in [0.4, 0.5) is 10.5 Å². The summed E-state index contributed by atoms with van der Waals surface area (Å²) >= 11 is 0. The van der Waals surface area contributed by atoms with Crippen molar-refractivity contribution in [1.82, 2.24) is 10.2 Å². The number of ether oxygens (including phenoxy) is 1. The van der Waals surface area contributed by atoms with Gasteiger partial charge in [-0.15, -0.1) is 0 Å². The first-order chi connectivity index (χ1) is 15.7. The highest BCUT2D eigenvalue weighted by Gasteiger charge is 2.53. The molecule has 1 aliphatic heterocycles. The number of nitrogens with zero attached hydrogens (tertiary/aromatic N) is 1. The fourth-order valence-electron chi connectivity index (χ4n) is 4.38. The molecular weight excluding hydrogens is 464 g/mol. The number of imide groups is 1. The summed E-state index contributed by atoms with van der Waals surface area (Å²) in [7, 11) is -3.86. The van der Waals surface area contributed by atoms with Gasteiger partial charge in [-0.05, 0) is 61.3 Å². The summed E-state index contributed by atoms with van der Waals surface area (Å²) in [5.74, 6) is -1.58. The van der Waals surface area contributed by atoms with Gasteiger partial charge in [-0.25, -0.2) is 18.4 Å². The van der Waals surface area contributed by atoms with Crippen molar-refractivity contribution in [1.29, 1.82) is 0 Å². The summed E-state index contributed by atoms with van der Waals surface area (Å²) in [6.45, 7) is 5.23. The molecule has 1 aromatic carbocycles. The Morgan fingerprint density at radius 3 is 2.29 bits per heavy atom. The molecule has 0 radical (unpaired) electrons. The molecule has 1 aliphatic carbocycles. The molecule has 1 aromatic rings. The Labute approximate surface area is 198 Å². The van der Waals surface area contributed by atoms with Crippen LogP contribution in [0, 0.1) is 11.3 Å². The predicted molar refractivity (Wildman–Crippen MR) is 122 cm³/mol. The summed E-state index contributed by atoms with van der Waals surface area (Å²) in [4.78, 5) is 50.3. The summed E-state index contributed by atoms with van der Waals surface area (Å²) in [6, 6.07) is 4.47. The number of nitrogens with one attached hydrogen (secondary N) is 2. The van der Waals surface area contributed by atoms with Crippen molar-refractivity contribution >= 4 is 39.5 Å². The van der Waals surface area contributed by atoms with Gasteiger partial charge in [-0.2, -0.15) is 0 Å². The van der Waals surface area contributed by atoms with Gasteiger partial charge in [0.25, 0.3) is 11.8 Å². The van der Waals surface area contributed by atoms with E-state index in [-0.39, 0.29) is 16.0 Å². The van der Waals surface area contributed by atoms with Crippen molar-refractivity contribution in [2.24, 2.45) is 16.5 Å². The number of urea groups is 1. The van der Waals surface area contributed by atoms with Gasteiger partial charge in [0.05, 0.1) is 4.90 Å². The molecular formula is C22H30N4O7S. The monoisotopic (exact) mass is 494 g/mol. The third-order valence-electron chi connectivity index (χ3n) is 6.43. The van der Waals surface area contributed by atoms with Gasteiger partial charge >= 0.3 is 12.0 Å². The number of hydrogen-bond acceptors (Lipinski definition) is 7. The van der Waals surface area contributed by atoms with E-state index in [0.717, 1.165) is 17.7 Å². The highest BCUT2D eigenvalue weighted by molar-refractivity contribution is 7.89. The minimum atomic E-state index is -3.86. The second kappa shape index (κ2) is 9.34. The maximum Gasteiger partial charge on any atom is 0.326 e. The van der Waals surface area contributed by atoms with E-state index < -0.39 is 52.5 Å². The van der Waals surface area contributed by atoms with Crippen LogP contribution in [0.3, 0.4) is 0 Å². The quantitative estimate of drug-likeness (QED) is 0.396. The van der Waals surface area contributed by atoms with E-state index in [1.54, 1.807) is 0 Å². The average Bonchev–Trinajstić information content (AvgIpc) is 2.95. The highest BCUT2D eigenvalue weighted by atomic mass is 32.2. The molecule has 3 rings (SSSR count). The average molecular weight is 495 g/mol. The summed E-state index contributed by atoms with van der Waals surface area (Å²) in [5.41, 5.74) is -0.600. The zero-order valence-electron chi connectivity index (χ0n) is 19.4. The van der Waals surface area contributed by atoms with Crippen LogP contribution in [-0.2, 0) is 29.1 Å². The van der Waals surface area contributed by atoms with Gasteiger partial charge in [-0.3, -0.25) is 19.3 Å². The second-order valence-corrected chi connectivity index (χ2v) is 11.4. The first-order valence-electron chi connectivity index (χ1n) is 10.9. The molecule has 2 fully saturated rings. The van der Waals surface area contributed by atoms with E-state index >= 15 is 0 Å². The molecule has 11 nitrogen and oxygen atoms in total. The molecule has 0 atom stereocenters. The predicted octanol–water partition coefficient (Wildman–Crippen LogP) is 1.34. The summed E-state index contributed by atoms with van der Waals surface area (Å²) < 4.78 is 27.4. The zero-order valence-corrected chi connectivity index (χ0v) is 20.2. The fraction of sp³-hybridized carbons (Fsp3) is 0.545. The number of esters is 1. The third kappa shape index (κ3) is 5.73. The van der Waals surface area contributed by atoms with Gasteiger partial charge < -0.3 is 15.4 Å². The largest absolute Gasteiger partial charge is 0.454 e. The Morgan fingerprint density at radius 1 is 1.18 bits per heavy atom. The standard InChI is InChI=1S/C22H30N4O7S/c1-21(2,3)14-8-10-22(11-9-14)19(29)26(20(30)25-22)12-18(28)33-13-17(27)24-15-4-6-16(7-5-15)34(23,31)32/h4-7,14H,8-13H2,1-3H3,(H,24,27)(H,25,30)(H2,23,31,32). The van der Waals surface area contributed by atoms with E-state index in [1.165, 1.54) is 24.3 Å². The van der Waals surface area contributed by atoms with E-state index in [4.69, 9.17) is 9.88 Å². The fourth-order valence-corrected chi connectivity index (χ4v) is 4.90. The molecule has 1 heterocycles. The van der Waals surface area contributed by atoms with Crippen molar-refractivity contribution in [2.75, 3.05) is 18.5 Å². The summed E-state index contributed by atoms with van der Waals surface area (Å²) in [5, 5.41) is 10.2. The first kappa shape index (κ1) is 25.6. The number of sulfonamides is 1. The molecule has 0 aromatic heterocycles. The molecule has 186 valence electrons. The van der Waals surface area contributed by atoms with E-state index in [9.17, 15) is 27.6 Å². The number of carbonyl (C=O) groups excluding carboxylic acids is 4. The minimum absolute atomic E-state index is 0.113. The smallest absolute Gasteiger partial charge is 0.326 e. The SMILES string of the molecule is CC(C)(C)C1CCC2(CC1)NC(=O)N(CC(=O)OCC(=O)Nc1ccc(S(N)(=O)=O)cc1)C2=O. The topological polar surface area (TPSA) is 165 Å². The minimum Gasteiger partial charge on any atom is -0.454 e. The Bertz CT molecular complexity index is 1090. The van der Waals surface area contributed by atoms with Crippen LogP contribution in [0.15, 0.2) is 29.2 Å². The third-order valence-corrected chi connectivity index (χ3v) is 7.36. The molecule has 0 unspecified atom stereocenters. The van der Waals surface area contributed by atoms with E-state index in [2.05, 4.69) is 31.4 Å². The van der Waals surface area contributed by atoms with Crippen LogP contribution in [-0.4, -0.2) is 55.8 Å². The highest BCUT2D eigenvalue weighted by Crippen LogP contribution is 2.43. The summed E-state index contributed by atoms with van der Waals surface area (Å²) in [6.07, 6.45) is 2.62. The van der Waals surface area contributed by atoms with Gasteiger partial charge in [-0.1, -0.05) is 20.8 Å². The molecule has 12 heteroatoms. The van der Waals surface area contributed by atoms with Crippen molar-refractivity contribution in [3.63, 3.8) is 0 Å². The van der Waals surface area contributed by atoms with Gasteiger partial charge in [0.1, 0.15) is 12.1 Å². The Morgan fingerprint density at radius 2 is 1.76 bits per heavy atom. The van der Waals surface area contributed by atoms with Crippen molar-refractivity contribution < 1.29 is 32.3 Å². The number of carbonyl (C=O) groups is 4. The number of amides is 4. The van der Waals surface area contributed by atoms with Crippen LogP contribution in [0.5, 0.6) is 0 Å². The van der Waals surface area contributed by atoms with Gasteiger partial charge in [0, 0.05) is 5.69 Å². The van der Waals surface area contributed by atoms with Crippen LogP contribution < -0.4 is 15.8 Å². The van der Waals surface area contributed by atoms with Gasteiger partial charge in [0.2, 0.25) is 10.0 Å². The Balaban J connectivity index is 1.49. The maximum absolute atomic E-state index is 13.0. The molecule has 34 heavy (non-hydrogen) atoms. The van der Waals surface area contributed by atoms with Crippen LogP contribution in [0.25, 0.3) is 0 Å². The lowest BCUT2D eigenvalue weighted by molar-refractivity contribution is -0.150. The van der Waals surface area contributed by atoms with Crippen LogP contribution in [0.2, 0.25) is 0 Å². The van der Waals surface area contributed by atoms with Crippen LogP contribution in [0.1, 0.15) is 46.5 Å². The molecule has 1 spiro atoms. The first-order valence-corrected chi connectivity index (χ1v) is 12.5. The lowest BCUT2D eigenvalue weighted by Crippen LogP contribution is -2.50. The molecule has 1 saturated heterocycles.